The fourth-order valence-corrected chi connectivity index (χ4v) is 1.79. The molecule has 0 saturated carbocycles. The van der Waals surface area contributed by atoms with Gasteiger partial charge in [0, 0.05) is 23.0 Å². The summed E-state index contributed by atoms with van der Waals surface area (Å²) in [4.78, 5) is 15.7. The first-order chi connectivity index (χ1) is 11.5. The lowest BCUT2D eigenvalue weighted by molar-refractivity contribution is -0.114. The zero-order valence-electron chi connectivity index (χ0n) is 14.5. The molecule has 5 N–H and O–H groups in total. The number of nitrogens with one attached hydrogen (secondary N) is 1. The van der Waals surface area contributed by atoms with Crippen LogP contribution in [0.4, 0.5) is 0 Å². The second-order valence-corrected chi connectivity index (χ2v) is 5.22. The summed E-state index contributed by atoms with van der Waals surface area (Å²) in [5.41, 5.74) is 12.7. The second kappa shape index (κ2) is 10.2. The summed E-state index contributed by atoms with van der Waals surface area (Å²) in [6.07, 6.45) is 4.29. The summed E-state index contributed by atoms with van der Waals surface area (Å²) >= 11 is 0. The second-order valence-electron chi connectivity index (χ2n) is 5.22. The molecule has 0 radical (unpaired) electrons. The number of nitrogens with two attached hydrogens (primary N) is 2. The maximum absolute atomic E-state index is 11.3. The predicted octanol–water partition coefficient (Wildman–Crippen LogP) is 2.06. The molecule has 0 aromatic heterocycles. The Kier molecular flexibility index (Phi) is 8.29. The van der Waals surface area contributed by atoms with Crippen LogP contribution in [0.1, 0.15) is 32.8 Å². The predicted molar refractivity (Wildman–Crippen MR) is 97.7 cm³/mol. The molecule has 0 aliphatic rings. The fraction of sp³-hybridized carbons (Fsp3) is 0.333. The molecular weight excluding hydrogens is 304 g/mol. The molecule has 1 rings (SSSR count). The molecule has 1 aromatic carbocycles. The van der Waals surface area contributed by atoms with E-state index >= 15 is 0 Å². The Hall–Kier alpha value is -2.60. The Balaban J connectivity index is 3.07. The first-order valence-corrected chi connectivity index (χ1v) is 7.86. The van der Waals surface area contributed by atoms with Crippen LogP contribution in [-0.2, 0) is 4.79 Å². The van der Waals surface area contributed by atoms with Gasteiger partial charge < -0.3 is 21.5 Å². The number of amides is 1. The smallest absolute Gasteiger partial charge is 0.246 e. The van der Waals surface area contributed by atoms with Crippen LogP contribution < -0.4 is 21.5 Å². The summed E-state index contributed by atoms with van der Waals surface area (Å²) in [5.74, 6) is 0.879. The van der Waals surface area contributed by atoms with Crippen molar-refractivity contribution in [1.82, 2.24) is 5.32 Å². The Bertz CT molecular complexity index is 648. The number of aliphatic imine (C=N–C) groups is 1. The van der Waals surface area contributed by atoms with Crippen LogP contribution in [0.3, 0.4) is 0 Å². The third-order valence-corrected chi connectivity index (χ3v) is 3.32. The van der Waals surface area contributed by atoms with Gasteiger partial charge in [0.15, 0.2) is 0 Å². The highest BCUT2D eigenvalue weighted by atomic mass is 16.5. The van der Waals surface area contributed by atoms with Crippen molar-refractivity contribution < 1.29 is 9.53 Å². The number of benzene rings is 1. The lowest BCUT2D eigenvalue weighted by Crippen LogP contribution is -2.26. The highest BCUT2D eigenvalue weighted by molar-refractivity contribution is 6.01. The molecule has 1 aromatic rings. The van der Waals surface area contributed by atoms with E-state index in [0.717, 1.165) is 17.7 Å². The van der Waals surface area contributed by atoms with Crippen molar-refractivity contribution in [3.8, 4) is 5.75 Å². The van der Waals surface area contributed by atoms with Crippen LogP contribution in [0, 0.1) is 0 Å². The molecule has 0 bridgehead atoms. The van der Waals surface area contributed by atoms with E-state index in [0.29, 0.717) is 30.3 Å². The minimum Gasteiger partial charge on any atom is -0.494 e. The quantitative estimate of drug-likeness (QED) is 0.294. The van der Waals surface area contributed by atoms with Crippen LogP contribution in [-0.4, -0.2) is 24.9 Å². The van der Waals surface area contributed by atoms with Crippen molar-refractivity contribution in [3.05, 3.63) is 53.4 Å². The number of ether oxygens (including phenoxy) is 1. The van der Waals surface area contributed by atoms with Gasteiger partial charge in [0.05, 0.1) is 6.61 Å². The summed E-state index contributed by atoms with van der Waals surface area (Å²) < 4.78 is 5.67. The molecule has 6 nitrogen and oxygen atoms in total. The van der Waals surface area contributed by atoms with E-state index in [1.54, 1.807) is 20.0 Å². The monoisotopic (exact) mass is 330 g/mol. The van der Waals surface area contributed by atoms with Crippen LogP contribution in [0.5, 0.6) is 5.75 Å². The zero-order valence-corrected chi connectivity index (χ0v) is 14.5. The van der Waals surface area contributed by atoms with E-state index in [4.69, 9.17) is 16.2 Å². The fourth-order valence-electron chi connectivity index (χ4n) is 1.79. The zero-order chi connectivity index (χ0) is 17.9. The number of amidine groups is 1. The Labute approximate surface area is 143 Å². The highest BCUT2D eigenvalue weighted by Crippen LogP contribution is 2.15. The van der Waals surface area contributed by atoms with Gasteiger partial charge in [0.1, 0.15) is 11.6 Å². The Morgan fingerprint density at radius 1 is 1.38 bits per heavy atom. The summed E-state index contributed by atoms with van der Waals surface area (Å²) in [5, 5.41) is 3.15. The minimum atomic E-state index is -0.468. The van der Waals surface area contributed by atoms with Crippen molar-refractivity contribution in [1.29, 1.82) is 0 Å². The van der Waals surface area contributed by atoms with E-state index in [-0.39, 0.29) is 0 Å². The van der Waals surface area contributed by atoms with Gasteiger partial charge >= 0.3 is 0 Å². The van der Waals surface area contributed by atoms with Crippen LogP contribution >= 0.6 is 0 Å². The normalized spacial score (nSPS) is 12.9. The average molecular weight is 330 g/mol. The van der Waals surface area contributed by atoms with Crippen molar-refractivity contribution >= 4 is 11.7 Å². The summed E-state index contributed by atoms with van der Waals surface area (Å²) in [7, 11) is 0. The van der Waals surface area contributed by atoms with Gasteiger partial charge in [0.2, 0.25) is 5.91 Å². The molecule has 0 fully saturated rings. The molecule has 130 valence electrons. The van der Waals surface area contributed by atoms with E-state index in [2.05, 4.69) is 10.3 Å². The van der Waals surface area contributed by atoms with Crippen LogP contribution in [0.25, 0.3) is 0 Å². The van der Waals surface area contributed by atoms with Gasteiger partial charge in [-0.25, -0.2) is 4.99 Å². The standard InChI is InChI=1S/C18H26N4O2/c1-4-10-21-18(22-14(3)13(2)17(20)23)15-7-5-8-16(12-15)24-11-6-9-19/h4-5,7-8,10,12H,6,9,11,19H2,1-3H3,(H2,20,23)(H,21,22)/b10-4+,14-13-. The molecule has 1 amide bonds. The molecule has 0 saturated heterocycles. The van der Waals surface area contributed by atoms with Crippen molar-refractivity contribution in [2.75, 3.05) is 13.2 Å². The van der Waals surface area contributed by atoms with Gasteiger partial charge in [0.25, 0.3) is 0 Å². The molecule has 0 unspecified atom stereocenters. The molecule has 0 spiro atoms. The van der Waals surface area contributed by atoms with Crippen molar-refractivity contribution in [2.24, 2.45) is 16.5 Å². The van der Waals surface area contributed by atoms with Crippen molar-refractivity contribution in [2.45, 2.75) is 27.2 Å². The van der Waals surface area contributed by atoms with Crippen molar-refractivity contribution in [3.63, 3.8) is 0 Å². The van der Waals surface area contributed by atoms with Crippen LogP contribution in [0.2, 0.25) is 0 Å². The molecular formula is C18H26N4O2. The number of hydrogen-bond acceptors (Lipinski definition) is 4. The maximum Gasteiger partial charge on any atom is 0.246 e. The Morgan fingerprint density at radius 3 is 2.75 bits per heavy atom. The summed E-state index contributed by atoms with van der Waals surface area (Å²) in [6, 6.07) is 7.57. The van der Waals surface area contributed by atoms with Gasteiger partial charge in [-0.15, -0.1) is 0 Å². The third kappa shape index (κ3) is 6.26. The number of rotatable bonds is 8. The lowest BCUT2D eigenvalue weighted by Gasteiger charge is -2.13. The average Bonchev–Trinajstić information content (AvgIpc) is 2.58. The van der Waals surface area contributed by atoms with Crippen LogP contribution in [0.15, 0.2) is 52.8 Å². The van der Waals surface area contributed by atoms with E-state index < -0.39 is 5.91 Å². The molecule has 0 aliphatic heterocycles. The van der Waals surface area contributed by atoms with Gasteiger partial charge in [-0.2, -0.15) is 0 Å². The maximum atomic E-state index is 11.3. The number of nitrogens with zero attached hydrogens (tertiary/aromatic N) is 1. The third-order valence-electron chi connectivity index (χ3n) is 3.32. The first-order valence-electron chi connectivity index (χ1n) is 7.86. The lowest BCUT2D eigenvalue weighted by atomic mass is 10.1. The number of carbonyl (C=O) groups excluding carboxylic acids is 1. The van der Waals surface area contributed by atoms with E-state index in [1.165, 1.54) is 0 Å². The molecule has 0 aliphatic carbocycles. The van der Waals surface area contributed by atoms with Gasteiger partial charge in [-0.1, -0.05) is 18.2 Å². The first kappa shape index (κ1) is 19.4. The molecule has 24 heavy (non-hydrogen) atoms. The number of carbonyl (C=O) groups is 1. The van der Waals surface area contributed by atoms with Gasteiger partial charge in [-0.3, -0.25) is 4.79 Å². The SMILES string of the molecule is C/C=C/N=C(N/C(C)=C(/C)C(N)=O)c1cccc(OCCCN)c1. The topological polar surface area (TPSA) is 103 Å². The largest absolute Gasteiger partial charge is 0.494 e. The summed E-state index contributed by atoms with van der Waals surface area (Å²) in [6.45, 7) is 6.49. The molecule has 0 heterocycles. The van der Waals surface area contributed by atoms with Gasteiger partial charge in [-0.05, 0) is 45.9 Å². The van der Waals surface area contributed by atoms with E-state index in [9.17, 15) is 4.79 Å². The highest BCUT2D eigenvalue weighted by Gasteiger charge is 2.09. The Morgan fingerprint density at radius 2 is 2.12 bits per heavy atom. The molecule has 6 heteroatoms. The minimum absolute atomic E-state index is 0.457. The number of allylic oxidation sites excluding steroid dienone is 2. The molecule has 0 atom stereocenters. The number of primary amides is 1. The van der Waals surface area contributed by atoms with E-state index in [1.807, 2.05) is 37.3 Å². The number of hydrogen-bond donors (Lipinski definition) is 3.